The van der Waals surface area contributed by atoms with E-state index in [-0.39, 0.29) is 18.4 Å². The number of carbonyl (C=O) groups excluding carboxylic acids is 1. The molecule has 2 N–H and O–H groups in total. The highest BCUT2D eigenvalue weighted by molar-refractivity contribution is 5.84. The predicted molar refractivity (Wildman–Crippen MR) is 52.5 cm³/mol. The summed E-state index contributed by atoms with van der Waals surface area (Å²) in [6.45, 7) is 0.425. The van der Waals surface area contributed by atoms with Crippen LogP contribution in [0.2, 0.25) is 0 Å². The molecule has 1 heterocycles. The number of anilines is 1. The fourth-order valence-corrected chi connectivity index (χ4v) is 1.49. The van der Waals surface area contributed by atoms with E-state index < -0.39 is 0 Å². The second-order valence-electron chi connectivity index (χ2n) is 3.30. The molecule has 1 aromatic rings. The third kappa shape index (κ3) is 1.56. The minimum atomic E-state index is -0.310. The van der Waals surface area contributed by atoms with Crippen molar-refractivity contribution in [2.75, 3.05) is 18.2 Å². The Balaban J connectivity index is 2.13. The Kier molecular flexibility index (Phi) is 2.37. The second kappa shape index (κ2) is 3.67. The van der Waals surface area contributed by atoms with Crippen molar-refractivity contribution in [1.29, 1.82) is 0 Å². The van der Waals surface area contributed by atoms with E-state index in [2.05, 4.69) is 5.43 Å². The standard InChI is InChI=1S/C10H12N2O2/c13-7-8-6-12(11-10(8)14)9-4-2-1-3-5-9/h1-5,8,13H,6-7H2,(H,11,14). The summed E-state index contributed by atoms with van der Waals surface area (Å²) in [7, 11) is 0. The van der Waals surface area contributed by atoms with Gasteiger partial charge in [0.05, 0.1) is 24.8 Å². The van der Waals surface area contributed by atoms with Gasteiger partial charge in [-0.25, -0.2) is 0 Å². The molecule has 0 saturated carbocycles. The lowest BCUT2D eigenvalue weighted by atomic mass is 10.2. The van der Waals surface area contributed by atoms with Gasteiger partial charge in [-0.3, -0.25) is 15.2 Å². The molecule has 1 aliphatic rings. The van der Waals surface area contributed by atoms with Crippen molar-refractivity contribution >= 4 is 11.6 Å². The zero-order valence-corrected chi connectivity index (χ0v) is 7.68. The van der Waals surface area contributed by atoms with Crippen LogP contribution in [0.5, 0.6) is 0 Å². The number of aliphatic hydroxyl groups is 1. The van der Waals surface area contributed by atoms with Gasteiger partial charge >= 0.3 is 0 Å². The molecule has 74 valence electrons. The highest BCUT2D eigenvalue weighted by Gasteiger charge is 2.29. The first-order chi connectivity index (χ1) is 6.81. The first-order valence-corrected chi connectivity index (χ1v) is 4.55. The molecule has 14 heavy (non-hydrogen) atoms. The SMILES string of the molecule is O=C1NN(c2ccccc2)CC1CO. The van der Waals surface area contributed by atoms with E-state index in [0.717, 1.165) is 5.69 Å². The topological polar surface area (TPSA) is 52.6 Å². The van der Waals surface area contributed by atoms with E-state index in [9.17, 15) is 4.79 Å². The van der Waals surface area contributed by atoms with E-state index in [1.807, 2.05) is 30.3 Å². The van der Waals surface area contributed by atoms with Crippen LogP contribution in [0.3, 0.4) is 0 Å². The van der Waals surface area contributed by atoms with Crippen molar-refractivity contribution in [2.45, 2.75) is 0 Å². The van der Waals surface area contributed by atoms with Crippen molar-refractivity contribution < 1.29 is 9.90 Å². The van der Waals surface area contributed by atoms with Gasteiger partial charge < -0.3 is 5.11 Å². The number of nitrogens with zero attached hydrogens (tertiary/aromatic N) is 1. The van der Waals surface area contributed by atoms with Crippen LogP contribution in [0.1, 0.15) is 0 Å². The molecule has 4 heteroatoms. The van der Waals surface area contributed by atoms with Crippen LogP contribution in [-0.4, -0.2) is 24.2 Å². The highest BCUT2D eigenvalue weighted by Crippen LogP contribution is 2.17. The van der Waals surface area contributed by atoms with Crippen molar-refractivity contribution in [3.63, 3.8) is 0 Å². The third-order valence-corrected chi connectivity index (χ3v) is 2.31. The Hall–Kier alpha value is -1.55. The van der Waals surface area contributed by atoms with Crippen LogP contribution in [-0.2, 0) is 4.79 Å². The predicted octanol–water partition coefficient (Wildman–Crippen LogP) is 0.146. The maximum absolute atomic E-state index is 11.3. The quantitative estimate of drug-likeness (QED) is 0.701. The molecule has 1 unspecified atom stereocenters. The molecule has 1 aliphatic heterocycles. The highest BCUT2D eigenvalue weighted by atomic mass is 16.3. The average Bonchev–Trinajstić information content (AvgIpc) is 2.61. The Morgan fingerprint density at radius 1 is 1.43 bits per heavy atom. The van der Waals surface area contributed by atoms with Gasteiger partial charge in [0, 0.05) is 0 Å². The lowest BCUT2D eigenvalue weighted by Crippen LogP contribution is -2.32. The molecule has 1 saturated heterocycles. The van der Waals surface area contributed by atoms with Crippen LogP contribution in [0.25, 0.3) is 0 Å². The van der Waals surface area contributed by atoms with Crippen LogP contribution in [0.4, 0.5) is 5.69 Å². The van der Waals surface area contributed by atoms with Crippen LogP contribution < -0.4 is 10.4 Å². The average molecular weight is 192 g/mol. The number of hydrazine groups is 1. The van der Waals surface area contributed by atoms with Gasteiger partial charge in [0.2, 0.25) is 5.91 Å². The number of hydrogen-bond acceptors (Lipinski definition) is 3. The number of amides is 1. The zero-order valence-electron chi connectivity index (χ0n) is 7.68. The van der Waals surface area contributed by atoms with Gasteiger partial charge in [-0.05, 0) is 12.1 Å². The lowest BCUT2D eigenvalue weighted by Gasteiger charge is -2.16. The Labute approximate surface area is 82.1 Å². The van der Waals surface area contributed by atoms with E-state index in [0.29, 0.717) is 6.54 Å². The largest absolute Gasteiger partial charge is 0.395 e. The molecule has 0 aliphatic carbocycles. The fraction of sp³-hybridized carbons (Fsp3) is 0.300. The van der Waals surface area contributed by atoms with Crippen molar-refractivity contribution in [3.05, 3.63) is 30.3 Å². The van der Waals surface area contributed by atoms with Gasteiger partial charge in [0.15, 0.2) is 0 Å². The van der Waals surface area contributed by atoms with Crippen LogP contribution in [0.15, 0.2) is 30.3 Å². The number of carbonyl (C=O) groups is 1. The maximum Gasteiger partial charge on any atom is 0.245 e. The number of aliphatic hydroxyl groups excluding tert-OH is 1. The summed E-state index contributed by atoms with van der Waals surface area (Å²) in [6.07, 6.45) is 0. The Morgan fingerprint density at radius 2 is 2.14 bits per heavy atom. The first kappa shape index (κ1) is 9.02. The zero-order chi connectivity index (χ0) is 9.97. The third-order valence-electron chi connectivity index (χ3n) is 2.31. The first-order valence-electron chi connectivity index (χ1n) is 4.55. The summed E-state index contributed by atoms with van der Waals surface area (Å²) in [5.74, 6) is -0.424. The molecule has 1 atom stereocenters. The molecule has 4 nitrogen and oxygen atoms in total. The van der Waals surface area contributed by atoms with Crippen LogP contribution >= 0.6 is 0 Å². The number of para-hydroxylation sites is 1. The molecule has 2 rings (SSSR count). The van der Waals surface area contributed by atoms with Gasteiger partial charge in [0.1, 0.15) is 0 Å². The summed E-state index contributed by atoms with van der Waals surface area (Å²) in [5, 5.41) is 10.7. The van der Waals surface area contributed by atoms with Gasteiger partial charge in [-0.1, -0.05) is 18.2 Å². The summed E-state index contributed by atoms with van der Waals surface area (Å²) in [4.78, 5) is 11.3. The normalized spacial score (nSPS) is 21.1. The molecule has 1 fully saturated rings. The molecular formula is C10H12N2O2. The molecule has 1 amide bonds. The number of benzene rings is 1. The molecule has 0 aromatic heterocycles. The van der Waals surface area contributed by atoms with E-state index >= 15 is 0 Å². The molecule has 0 radical (unpaired) electrons. The van der Waals surface area contributed by atoms with Crippen molar-refractivity contribution in [1.82, 2.24) is 5.43 Å². The van der Waals surface area contributed by atoms with Gasteiger partial charge in [-0.2, -0.15) is 0 Å². The van der Waals surface area contributed by atoms with Crippen molar-refractivity contribution in [3.8, 4) is 0 Å². The smallest absolute Gasteiger partial charge is 0.245 e. The summed E-state index contributed by atoms with van der Waals surface area (Å²) >= 11 is 0. The van der Waals surface area contributed by atoms with E-state index in [1.165, 1.54) is 0 Å². The van der Waals surface area contributed by atoms with E-state index in [1.54, 1.807) is 5.01 Å². The minimum Gasteiger partial charge on any atom is -0.395 e. The number of hydrogen-bond donors (Lipinski definition) is 2. The van der Waals surface area contributed by atoms with E-state index in [4.69, 9.17) is 5.11 Å². The second-order valence-corrected chi connectivity index (χ2v) is 3.30. The minimum absolute atomic E-state index is 0.102. The summed E-state index contributed by atoms with van der Waals surface area (Å²) < 4.78 is 0. The fourth-order valence-electron chi connectivity index (χ4n) is 1.49. The summed E-state index contributed by atoms with van der Waals surface area (Å²) in [5.41, 5.74) is 3.65. The van der Waals surface area contributed by atoms with Crippen LogP contribution in [0, 0.1) is 5.92 Å². The molecule has 0 bridgehead atoms. The maximum atomic E-state index is 11.3. The Morgan fingerprint density at radius 3 is 2.71 bits per heavy atom. The summed E-state index contributed by atoms with van der Waals surface area (Å²) in [6, 6.07) is 9.58. The monoisotopic (exact) mass is 192 g/mol. The molecular weight excluding hydrogens is 180 g/mol. The van der Waals surface area contributed by atoms with Gasteiger partial charge in [0.25, 0.3) is 0 Å². The Bertz CT molecular complexity index is 326. The number of nitrogens with one attached hydrogen (secondary N) is 1. The lowest BCUT2D eigenvalue weighted by molar-refractivity contribution is -0.123. The molecule has 0 spiro atoms. The van der Waals surface area contributed by atoms with Crippen molar-refractivity contribution in [2.24, 2.45) is 5.92 Å². The molecule has 1 aromatic carbocycles. The van der Waals surface area contributed by atoms with Gasteiger partial charge in [-0.15, -0.1) is 0 Å². The number of rotatable bonds is 2.